The van der Waals surface area contributed by atoms with Crippen LogP contribution in [0.1, 0.15) is 26.3 Å². The van der Waals surface area contributed by atoms with E-state index in [1.165, 1.54) is 0 Å². The molecule has 0 saturated heterocycles. The lowest BCUT2D eigenvalue weighted by Gasteiger charge is -2.14. The van der Waals surface area contributed by atoms with E-state index in [9.17, 15) is 9.36 Å². The molecule has 0 aliphatic rings. The maximum Gasteiger partial charge on any atom is 0.385 e. The Morgan fingerprint density at radius 3 is 2.15 bits per heavy atom. The summed E-state index contributed by atoms with van der Waals surface area (Å²) in [5, 5.41) is 3.11. The van der Waals surface area contributed by atoms with Crippen LogP contribution in [0.5, 0.6) is 0 Å². The standard InChI is InChI=1S/C10H13O4P.C4H11N/c1-2-13-15(12,14-9-11)8-10-6-4-3-5-7-10;1-3-5-4-2/h3-7,9H,2,8H2,1H3;5H,3-4H2,1-2H3. The fraction of sp³-hybridized carbons (Fsp3) is 0.500. The number of rotatable bonds is 8. The predicted octanol–water partition coefficient (Wildman–Crippen LogP) is 3.21. The minimum absolute atomic E-state index is 0.112. The SMILES string of the molecule is CCNCC.CCOP(=O)(Cc1ccccc1)OC=O. The number of benzene rings is 1. The van der Waals surface area contributed by atoms with Crippen LogP contribution in [0, 0.1) is 0 Å². The smallest absolute Gasteiger partial charge is 0.385 e. The van der Waals surface area contributed by atoms with Crippen LogP contribution in [-0.2, 0) is 24.6 Å². The fourth-order valence-electron chi connectivity index (χ4n) is 1.43. The molecule has 1 rings (SSSR count). The van der Waals surface area contributed by atoms with Crippen LogP contribution in [0.4, 0.5) is 0 Å². The molecule has 0 heterocycles. The van der Waals surface area contributed by atoms with E-state index in [1.807, 2.05) is 18.2 Å². The summed E-state index contributed by atoms with van der Waals surface area (Å²) in [4.78, 5) is 10.2. The second-order valence-electron chi connectivity index (χ2n) is 3.83. The molecule has 6 heteroatoms. The van der Waals surface area contributed by atoms with Gasteiger partial charge in [-0.25, -0.2) is 4.57 Å². The van der Waals surface area contributed by atoms with Crippen LogP contribution in [-0.4, -0.2) is 26.2 Å². The topological polar surface area (TPSA) is 64.6 Å². The third kappa shape index (κ3) is 8.86. The highest BCUT2D eigenvalue weighted by Crippen LogP contribution is 2.50. The van der Waals surface area contributed by atoms with Crippen LogP contribution in [0.3, 0.4) is 0 Å². The Kier molecular flexibility index (Phi) is 11.0. The van der Waals surface area contributed by atoms with Gasteiger partial charge in [0.15, 0.2) is 0 Å². The number of hydrogen-bond acceptors (Lipinski definition) is 5. The molecule has 1 aromatic carbocycles. The van der Waals surface area contributed by atoms with Gasteiger partial charge < -0.3 is 9.84 Å². The fourth-order valence-corrected chi connectivity index (χ4v) is 2.84. The third-order valence-corrected chi connectivity index (χ3v) is 4.06. The van der Waals surface area contributed by atoms with Crippen molar-refractivity contribution in [3.8, 4) is 0 Å². The van der Waals surface area contributed by atoms with E-state index in [0.717, 1.165) is 18.7 Å². The third-order valence-electron chi connectivity index (χ3n) is 2.25. The highest BCUT2D eigenvalue weighted by molar-refractivity contribution is 7.53. The van der Waals surface area contributed by atoms with Crippen LogP contribution in [0.2, 0.25) is 0 Å². The van der Waals surface area contributed by atoms with Gasteiger partial charge in [-0.15, -0.1) is 0 Å². The van der Waals surface area contributed by atoms with Gasteiger partial charge in [0.25, 0.3) is 6.47 Å². The summed E-state index contributed by atoms with van der Waals surface area (Å²) < 4.78 is 21.4. The number of hydrogen-bond donors (Lipinski definition) is 1. The zero-order chi connectivity index (χ0) is 15.3. The van der Waals surface area contributed by atoms with E-state index >= 15 is 0 Å². The molecule has 1 atom stereocenters. The monoisotopic (exact) mass is 301 g/mol. The molecule has 0 aromatic heterocycles. The van der Waals surface area contributed by atoms with Crippen LogP contribution >= 0.6 is 7.60 Å². The van der Waals surface area contributed by atoms with Crippen molar-refractivity contribution >= 4 is 14.1 Å². The van der Waals surface area contributed by atoms with Crippen molar-refractivity contribution in [2.45, 2.75) is 26.9 Å². The van der Waals surface area contributed by atoms with Gasteiger partial charge in [-0.2, -0.15) is 0 Å². The first-order valence-electron chi connectivity index (χ1n) is 6.72. The Bertz CT molecular complexity index is 395. The van der Waals surface area contributed by atoms with Gasteiger partial charge in [0.05, 0.1) is 12.8 Å². The molecule has 114 valence electrons. The lowest BCUT2D eigenvalue weighted by Crippen LogP contribution is -2.09. The van der Waals surface area contributed by atoms with Crippen LogP contribution in [0.25, 0.3) is 0 Å². The normalized spacial score (nSPS) is 12.8. The minimum atomic E-state index is -3.31. The first kappa shape index (κ1) is 18.8. The Morgan fingerprint density at radius 1 is 1.15 bits per heavy atom. The van der Waals surface area contributed by atoms with E-state index in [0.29, 0.717) is 0 Å². The van der Waals surface area contributed by atoms with Crippen molar-refractivity contribution < 1.29 is 18.4 Å². The first-order valence-corrected chi connectivity index (χ1v) is 8.44. The van der Waals surface area contributed by atoms with Gasteiger partial charge in [-0.3, -0.25) is 9.32 Å². The Morgan fingerprint density at radius 2 is 1.75 bits per heavy atom. The van der Waals surface area contributed by atoms with E-state index in [1.54, 1.807) is 19.1 Å². The van der Waals surface area contributed by atoms with Crippen molar-refractivity contribution in [1.82, 2.24) is 5.32 Å². The van der Waals surface area contributed by atoms with Crippen molar-refractivity contribution in [2.24, 2.45) is 0 Å². The molecular weight excluding hydrogens is 277 g/mol. The van der Waals surface area contributed by atoms with Gasteiger partial charge >= 0.3 is 7.60 Å². The molecule has 1 unspecified atom stereocenters. The lowest BCUT2D eigenvalue weighted by molar-refractivity contribution is -0.121. The van der Waals surface area contributed by atoms with Crippen molar-refractivity contribution in [3.05, 3.63) is 35.9 Å². The summed E-state index contributed by atoms with van der Waals surface area (Å²) in [6, 6.07) is 9.12. The maximum absolute atomic E-state index is 11.9. The van der Waals surface area contributed by atoms with Crippen LogP contribution < -0.4 is 5.32 Å². The maximum atomic E-state index is 11.9. The summed E-state index contributed by atoms with van der Waals surface area (Å²) in [7, 11) is -3.31. The van der Waals surface area contributed by atoms with Gasteiger partial charge in [-0.05, 0) is 25.6 Å². The second kappa shape index (κ2) is 11.6. The Labute approximate surface area is 121 Å². The van der Waals surface area contributed by atoms with E-state index < -0.39 is 7.60 Å². The van der Waals surface area contributed by atoms with E-state index in [2.05, 4.69) is 23.7 Å². The quantitative estimate of drug-likeness (QED) is 0.590. The van der Waals surface area contributed by atoms with Crippen molar-refractivity contribution in [1.29, 1.82) is 0 Å². The molecule has 0 saturated carbocycles. The summed E-state index contributed by atoms with van der Waals surface area (Å²) in [5.41, 5.74) is 0.816. The molecule has 0 spiro atoms. The van der Waals surface area contributed by atoms with Crippen LogP contribution in [0.15, 0.2) is 30.3 Å². The lowest BCUT2D eigenvalue weighted by atomic mass is 10.2. The zero-order valence-electron chi connectivity index (χ0n) is 12.4. The average molecular weight is 301 g/mol. The summed E-state index contributed by atoms with van der Waals surface area (Å²) in [6.45, 7) is 8.50. The molecular formula is C14H24NO4P. The number of nitrogens with one attached hydrogen (secondary N) is 1. The molecule has 0 aliphatic heterocycles. The van der Waals surface area contributed by atoms with E-state index in [4.69, 9.17) is 4.52 Å². The highest BCUT2D eigenvalue weighted by Gasteiger charge is 2.25. The van der Waals surface area contributed by atoms with Crippen molar-refractivity contribution in [3.63, 3.8) is 0 Å². The van der Waals surface area contributed by atoms with Gasteiger partial charge in [-0.1, -0.05) is 44.2 Å². The number of carbonyl (C=O) groups excluding carboxylic acids is 1. The molecule has 20 heavy (non-hydrogen) atoms. The summed E-state index contributed by atoms with van der Waals surface area (Å²) >= 11 is 0. The molecule has 1 N–H and O–H groups in total. The Balaban J connectivity index is 0.000000621. The van der Waals surface area contributed by atoms with Gasteiger partial charge in [0, 0.05) is 0 Å². The second-order valence-corrected chi connectivity index (χ2v) is 5.84. The molecule has 0 radical (unpaired) electrons. The Hall–Kier alpha value is -1.16. The molecule has 5 nitrogen and oxygen atoms in total. The average Bonchev–Trinajstić information content (AvgIpc) is 2.41. The molecule has 0 bridgehead atoms. The van der Waals surface area contributed by atoms with Crippen molar-refractivity contribution in [2.75, 3.05) is 19.7 Å². The van der Waals surface area contributed by atoms with Gasteiger partial charge in [0.1, 0.15) is 0 Å². The molecule has 0 aliphatic carbocycles. The summed E-state index contributed by atoms with van der Waals surface area (Å²) in [6.07, 6.45) is 0.112. The first-order chi connectivity index (χ1) is 9.61. The molecule has 0 fully saturated rings. The predicted molar refractivity (Wildman–Crippen MR) is 80.7 cm³/mol. The van der Waals surface area contributed by atoms with Gasteiger partial charge in [0.2, 0.25) is 0 Å². The van der Waals surface area contributed by atoms with E-state index in [-0.39, 0.29) is 19.2 Å². The minimum Gasteiger partial charge on any atom is -0.394 e. The highest BCUT2D eigenvalue weighted by atomic mass is 31.2. The molecule has 1 aromatic rings. The number of carbonyl (C=O) groups is 1. The summed E-state index contributed by atoms with van der Waals surface area (Å²) in [5.74, 6) is 0. The molecule has 0 amide bonds. The largest absolute Gasteiger partial charge is 0.394 e. The zero-order valence-corrected chi connectivity index (χ0v) is 13.3.